The molecule has 1 fully saturated rings. The van der Waals surface area contributed by atoms with Gasteiger partial charge in [-0.1, -0.05) is 92.1 Å². The summed E-state index contributed by atoms with van der Waals surface area (Å²) in [4.78, 5) is 158. The number of ketones is 2. The quantitative estimate of drug-likeness (QED) is 0.0185. The molecule has 4 aliphatic heterocycles. The minimum absolute atomic E-state index is 0.00436. The largest absolute Gasteiger partial charge is 0.396 e. The van der Waals surface area contributed by atoms with Gasteiger partial charge in [0.05, 0.1) is 11.7 Å². The number of imide groups is 1. The molecule has 5 aromatic rings. The Morgan fingerprint density at radius 2 is 1.54 bits per heavy atom. The summed E-state index contributed by atoms with van der Waals surface area (Å²) in [6.45, 7) is 0.253. The van der Waals surface area contributed by atoms with Gasteiger partial charge in [0, 0.05) is 78.6 Å². The second-order valence-corrected chi connectivity index (χ2v) is 22.6. The number of benzene rings is 4. The fourth-order valence-corrected chi connectivity index (χ4v) is 11.8. The Bertz CT molecular complexity index is 3490. The van der Waals surface area contributed by atoms with E-state index in [-0.39, 0.29) is 86.8 Å². The summed E-state index contributed by atoms with van der Waals surface area (Å²) in [6.07, 6.45) is 6.19. The molecule has 7 amide bonds. The third kappa shape index (κ3) is 13.1. The van der Waals surface area contributed by atoms with Crippen molar-refractivity contribution in [3.63, 3.8) is 0 Å². The number of carbonyl (C=O) groups excluding carboxylic acids is 10. The summed E-state index contributed by atoms with van der Waals surface area (Å²) < 4.78 is 11.6. The Morgan fingerprint density at radius 1 is 0.802 bits per heavy atom. The van der Waals surface area contributed by atoms with Crippen LogP contribution in [0.3, 0.4) is 0 Å². The predicted octanol–water partition coefficient (Wildman–Crippen LogP) is 5.48. The number of amides is 7. The Hall–Kier alpha value is -8.37. The lowest BCUT2D eigenvalue weighted by atomic mass is 9.85. The van der Waals surface area contributed by atoms with Crippen molar-refractivity contribution in [1.29, 1.82) is 0 Å². The molecule has 5 atom stereocenters. The van der Waals surface area contributed by atoms with E-state index >= 15 is 0 Å². The Kier molecular flexibility index (Phi) is 17.7. The number of Topliss-reactive ketones (excluding diaryl/α,β-unsaturated/α-hetero) is 2. The first-order chi connectivity index (χ1) is 38.9. The van der Waals surface area contributed by atoms with Gasteiger partial charge in [-0.25, -0.2) is 0 Å². The molecule has 4 aliphatic rings. The average molecular weight is 1120 g/mol. The summed E-state index contributed by atoms with van der Waals surface area (Å²) in [5.74, 6) is 1.27. The summed E-state index contributed by atoms with van der Waals surface area (Å²) in [6, 6.07) is 20.8. The first-order valence-corrected chi connectivity index (χ1v) is 28.9. The van der Waals surface area contributed by atoms with E-state index in [1.54, 1.807) is 48.5 Å². The molecule has 1 unspecified atom stereocenters. The third-order valence-electron chi connectivity index (χ3n) is 15.6. The molecule has 0 bridgehead atoms. The highest BCUT2D eigenvalue weighted by Gasteiger charge is 2.45. The van der Waals surface area contributed by atoms with Crippen molar-refractivity contribution in [2.75, 3.05) is 4.90 Å². The number of para-hydroxylation sites is 1. The van der Waals surface area contributed by atoms with Crippen molar-refractivity contribution in [2.24, 2.45) is 5.73 Å². The van der Waals surface area contributed by atoms with E-state index in [1.165, 1.54) is 34.1 Å². The average Bonchev–Trinajstić information content (AvgIpc) is 3.98. The summed E-state index contributed by atoms with van der Waals surface area (Å²) in [5, 5.41) is 8.24. The summed E-state index contributed by atoms with van der Waals surface area (Å²) >= 11 is 0. The van der Waals surface area contributed by atoms with Crippen molar-refractivity contribution in [3.05, 3.63) is 136 Å². The number of rotatable bonds is 23. The maximum absolute atomic E-state index is 14.6. The number of anilines is 1. The molecule has 1 saturated heterocycles. The van der Waals surface area contributed by atoms with Crippen LogP contribution in [-0.4, -0.2) is 102 Å². The van der Waals surface area contributed by atoms with E-state index in [0.29, 0.717) is 52.5 Å². The van der Waals surface area contributed by atoms with Gasteiger partial charge in [-0.15, -0.1) is 0 Å². The van der Waals surface area contributed by atoms with Crippen LogP contribution >= 0.6 is 7.60 Å². The second kappa shape index (κ2) is 25.0. The number of fused-ring (bicyclic) bond motifs is 2. The van der Waals surface area contributed by atoms with Crippen LogP contribution in [0, 0.1) is 11.8 Å². The lowest BCUT2D eigenvalue weighted by Crippen LogP contribution is -2.56. The molecule has 0 aliphatic carbocycles. The standard InChI is InChI=1S/C60H62N7O13P/c61-52(70)28-26-45(63-57(74)49-32-38-19-12-18-37-22-25-46(59(76)67(49)54(37)38)64-55(72)47-31-40-30-39(23-24-44(40)62-47)60(77)81(78,79)80)51(69)33-42(35-14-9-7-10-15-35)50(68)21-11-6-4-2-1-3-5-8-16-36-17-13-20-41-43(36)34-66(58(41)75)48-27-29-53(71)65-56(48)73/h7,9-10,12-15,17-20,23-24,30-31,42,45-46,48-49,62H,1-6,11,21-22,25-29,32-34H2,(H2,61,70)(H,63,74)(H,64,72)(H,65,71,73)(H2,78,79,80)/t42-,45-,46-,48?,49-/m0/s1. The predicted molar refractivity (Wildman–Crippen MR) is 296 cm³/mol. The molecule has 21 heteroatoms. The van der Waals surface area contributed by atoms with Crippen LogP contribution in [0.15, 0.2) is 91.0 Å². The van der Waals surface area contributed by atoms with Gasteiger partial charge in [0.2, 0.25) is 29.5 Å². The summed E-state index contributed by atoms with van der Waals surface area (Å²) in [7, 11) is -5.07. The molecule has 4 aromatic carbocycles. The Morgan fingerprint density at radius 3 is 2.30 bits per heavy atom. The molecule has 9 rings (SSSR count). The fraction of sp³-hybridized carbons (Fsp3) is 0.367. The topological polar surface area (TPSA) is 313 Å². The van der Waals surface area contributed by atoms with Crippen LogP contribution < -0.4 is 26.6 Å². The number of piperidine rings is 1. The van der Waals surface area contributed by atoms with E-state index in [4.69, 9.17) is 5.73 Å². The maximum Gasteiger partial charge on any atom is 0.396 e. The van der Waals surface area contributed by atoms with E-state index in [0.717, 1.165) is 48.8 Å². The van der Waals surface area contributed by atoms with Crippen LogP contribution in [0.5, 0.6) is 0 Å². The van der Waals surface area contributed by atoms with Gasteiger partial charge >= 0.3 is 7.60 Å². The maximum atomic E-state index is 14.6. The molecule has 0 radical (unpaired) electrons. The minimum Gasteiger partial charge on any atom is -0.370 e. The van der Waals surface area contributed by atoms with Gasteiger partial charge in [-0.05, 0) is 97.2 Å². The number of H-pyrrole nitrogens is 1. The van der Waals surface area contributed by atoms with Crippen molar-refractivity contribution >= 4 is 82.6 Å². The molecule has 0 spiro atoms. The number of primary amides is 1. The lowest BCUT2D eigenvalue weighted by molar-refractivity contribution is -0.137. The van der Waals surface area contributed by atoms with Crippen molar-refractivity contribution < 1.29 is 62.3 Å². The Balaban J connectivity index is 0.789. The van der Waals surface area contributed by atoms with Crippen LogP contribution in [0.25, 0.3) is 10.9 Å². The molecule has 420 valence electrons. The molecular formula is C60H62N7O13P. The monoisotopic (exact) mass is 1120 g/mol. The van der Waals surface area contributed by atoms with Crippen LogP contribution in [0.2, 0.25) is 0 Å². The normalized spacial score (nSPS) is 18.2. The molecule has 0 saturated carbocycles. The zero-order valence-electron chi connectivity index (χ0n) is 44.4. The number of nitrogens with one attached hydrogen (secondary N) is 4. The van der Waals surface area contributed by atoms with Crippen LogP contribution in [-0.2, 0) is 57.5 Å². The smallest absolute Gasteiger partial charge is 0.370 e. The number of aryl methyl sites for hydroxylation is 1. The second-order valence-electron chi connectivity index (χ2n) is 21.1. The highest BCUT2D eigenvalue weighted by atomic mass is 31.2. The number of unbranched alkanes of at least 4 members (excludes halogenated alkanes) is 6. The van der Waals surface area contributed by atoms with Gasteiger partial charge < -0.3 is 36.0 Å². The number of aromatic nitrogens is 1. The highest BCUT2D eigenvalue weighted by Crippen LogP contribution is 2.41. The highest BCUT2D eigenvalue weighted by molar-refractivity contribution is 7.70. The number of nitrogens with zero attached hydrogens (tertiary/aromatic N) is 2. The van der Waals surface area contributed by atoms with E-state index in [9.17, 15) is 62.3 Å². The summed E-state index contributed by atoms with van der Waals surface area (Å²) in [5.41, 5.74) is 9.00. The molecule has 1 aromatic heterocycles. The zero-order valence-corrected chi connectivity index (χ0v) is 45.3. The molecule has 5 heterocycles. The van der Waals surface area contributed by atoms with Crippen LogP contribution in [0.1, 0.15) is 155 Å². The number of hydrogen-bond donors (Lipinski definition) is 7. The Labute approximate surface area is 466 Å². The van der Waals surface area contributed by atoms with Gasteiger partial charge in [0.15, 0.2) is 5.78 Å². The molecule has 20 nitrogen and oxygen atoms in total. The van der Waals surface area contributed by atoms with Gasteiger partial charge in [0.1, 0.15) is 29.6 Å². The molecule has 81 heavy (non-hydrogen) atoms. The van der Waals surface area contributed by atoms with E-state index < -0.39 is 78.5 Å². The zero-order chi connectivity index (χ0) is 57.5. The van der Waals surface area contributed by atoms with Gasteiger partial charge in [-0.2, -0.15) is 0 Å². The third-order valence-corrected chi connectivity index (χ3v) is 16.3. The van der Waals surface area contributed by atoms with Gasteiger partial charge in [0.25, 0.3) is 17.3 Å². The van der Waals surface area contributed by atoms with Crippen molar-refractivity contribution in [1.82, 2.24) is 25.8 Å². The van der Waals surface area contributed by atoms with Crippen LogP contribution in [0.4, 0.5) is 5.69 Å². The first-order valence-electron chi connectivity index (χ1n) is 27.3. The number of hydrogen-bond acceptors (Lipinski definition) is 11. The van der Waals surface area contributed by atoms with Crippen molar-refractivity contribution in [2.45, 2.75) is 139 Å². The molecule has 8 N–H and O–H groups in total. The van der Waals surface area contributed by atoms with Crippen molar-refractivity contribution in [3.8, 4) is 11.8 Å². The van der Waals surface area contributed by atoms with Gasteiger partial charge in [-0.3, -0.25) is 62.7 Å². The first kappa shape index (κ1) is 57.3. The fourth-order valence-electron chi connectivity index (χ4n) is 11.3. The van der Waals surface area contributed by atoms with E-state index in [2.05, 4.69) is 32.8 Å². The SMILES string of the molecule is NC(=O)CC[C@H](NC(=O)[C@@H]1Cc2cccc3c2N1C(=O)[C@@H](NC(=O)c1cc2cc(C(=O)P(=O)(O)O)ccc2[nH]1)CC3)C(=O)C[C@H](C(=O)CCCCCCCCC#Cc1cccc2c1CN(C1CCC(=O)NC1=O)C2=O)c1ccccc1. The lowest BCUT2D eigenvalue weighted by Gasteiger charge is -2.29. The number of nitrogens with two attached hydrogens (primary N) is 1. The van der Waals surface area contributed by atoms with E-state index in [1.807, 2.05) is 18.2 Å². The number of carbonyl (C=O) groups is 10. The number of aromatic amines is 1. The molecular weight excluding hydrogens is 1060 g/mol. The minimum atomic E-state index is -5.07.